The number of nitrogens with one attached hydrogen (secondary N) is 1. The summed E-state index contributed by atoms with van der Waals surface area (Å²) in [5.41, 5.74) is 5.83. The normalized spacial score (nSPS) is 19.6. The van der Waals surface area contributed by atoms with Gasteiger partial charge in [0, 0.05) is 0 Å². The smallest absolute Gasteiger partial charge is 0.144 e. The van der Waals surface area contributed by atoms with Gasteiger partial charge in [-0.1, -0.05) is 60.7 Å². The van der Waals surface area contributed by atoms with E-state index in [0.29, 0.717) is 6.54 Å². The van der Waals surface area contributed by atoms with Crippen molar-refractivity contribution in [3.63, 3.8) is 0 Å². The Morgan fingerprint density at radius 1 is 1.00 bits per heavy atom. The van der Waals surface area contributed by atoms with Crippen LogP contribution in [0.4, 0.5) is 0 Å². The van der Waals surface area contributed by atoms with E-state index in [1.807, 2.05) is 60.7 Å². The van der Waals surface area contributed by atoms with Gasteiger partial charge in [-0.25, -0.2) is 0 Å². The van der Waals surface area contributed by atoms with Gasteiger partial charge in [-0.3, -0.25) is 5.43 Å². The summed E-state index contributed by atoms with van der Waals surface area (Å²) in [7, 11) is 0. The van der Waals surface area contributed by atoms with Crippen molar-refractivity contribution in [2.75, 3.05) is 6.54 Å². The van der Waals surface area contributed by atoms with Gasteiger partial charge in [0.05, 0.1) is 12.3 Å². The molecule has 0 aliphatic carbocycles. The van der Waals surface area contributed by atoms with Crippen LogP contribution in [0.25, 0.3) is 0 Å². The number of nitrogens with zero attached hydrogens (tertiary/aromatic N) is 2. The average Bonchev–Trinajstić information content (AvgIpc) is 2.49. The van der Waals surface area contributed by atoms with Crippen molar-refractivity contribution in [3.8, 4) is 0 Å². The lowest BCUT2D eigenvalue weighted by Crippen LogP contribution is -2.42. The van der Waals surface area contributed by atoms with Gasteiger partial charge in [-0.05, 0) is 11.1 Å². The molecule has 1 aliphatic heterocycles. The summed E-state index contributed by atoms with van der Waals surface area (Å²) in [4.78, 5) is 0. The molecule has 1 heterocycles. The number of hydrogen-bond acceptors (Lipinski definition) is 4. The lowest BCUT2D eigenvalue weighted by atomic mass is 10.1. The maximum atomic E-state index is 10.1. The third kappa shape index (κ3) is 2.50. The molecule has 19 heavy (non-hydrogen) atoms. The largest absolute Gasteiger partial charge is 0.311 e. The molecule has 0 saturated carbocycles. The van der Waals surface area contributed by atoms with Crippen LogP contribution in [0.2, 0.25) is 0 Å². The molecule has 1 aliphatic rings. The highest BCUT2D eigenvalue weighted by atomic mass is 16.5. The monoisotopic (exact) mass is 253 g/mol. The maximum Gasteiger partial charge on any atom is 0.144 e. The topological polar surface area (TPSA) is 47.9 Å². The molecule has 0 radical (unpaired) electrons. The Morgan fingerprint density at radius 3 is 2.26 bits per heavy atom. The zero-order valence-electron chi connectivity index (χ0n) is 10.4. The molecular weight excluding hydrogens is 238 g/mol. The molecule has 2 aromatic rings. The summed E-state index contributed by atoms with van der Waals surface area (Å²) in [6, 6.07) is 19.6. The van der Waals surface area contributed by atoms with Crippen LogP contribution in [0.1, 0.15) is 17.3 Å². The summed E-state index contributed by atoms with van der Waals surface area (Å²) in [6.45, 7) is 0.399. The standard InChI is InChI=1S/C15H15N3O/c19-18-11-14(12-7-3-1-4-8-12)16-17-15(18)13-9-5-2-6-10-13/h1-10,15,17,19H,11H2. The quantitative estimate of drug-likeness (QED) is 0.864. The van der Waals surface area contributed by atoms with Crippen molar-refractivity contribution in [1.29, 1.82) is 0 Å². The first-order valence-electron chi connectivity index (χ1n) is 6.22. The second-order valence-corrected chi connectivity index (χ2v) is 4.46. The summed E-state index contributed by atoms with van der Waals surface area (Å²) < 4.78 is 0. The Balaban J connectivity index is 1.83. The van der Waals surface area contributed by atoms with Gasteiger partial charge >= 0.3 is 0 Å². The molecule has 2 aromatic carbocycles. The molecule has 0 spiro atoms. The van der Waals surface area contributed by atoms with Crippen LogP contribution in [-0.4, -0.2) is 22.5 Å². The Labute approximate surface area is 112 Å². The molecule has 4 heteroatoms. The van der Waals surface area contributed by atoms with E-state index in [2.05, 4.69) is 10.5 Å². The minimum Gasteiger partial charge on any atom is -0.311 e. The van der Waals surface area contributed by atoms with Gasteiger partial charge < -0.3 is 5.21 Å². The molecule has 3 rings (SSSR count). The van der Waals surface area contributed by atoms with Crippen LogP contribution < -0.4 is 5.43 Å². The van der Waals surface area contributed by atoms with Crippen LogP contribution >= 0.6 is 0 Å². The van der Waals surface area contributed by atoms with E-state index in [0.717, 1.165) is 16.8 Å². The zero-order valence-corrected chi connectivity index (χ0v) is 10.4. The Bertz CT molecular complexity index is 568. The number of hydrazone groups is 1. The first-order chi connectivity index (χ1) is 9.34. The third-order valence-corrected chi connectivity index (χ3v) is 3.15. The highest BCUT2D eigenvalue weighted by Gasteiger charge is 2.24. The van der Waals surface area contributed by atoms with Crippen LogP contribution in [0.3, 0.4) is 0 Å². The van der Waals surface area contributed by atoms with E-state index in [1.165, 1.54) is 5.06 Å². The maximum absolute atomic E-state index is 10.1. The first-order valence-corrected chi connectivity index (χ1v) is 6.22. The summed E-state index contributed by atoms with van der Waals surface area (Å²) in [5, 5.41) is 15.8. The van der Waals surface area contributed by atoms with Crippen molar-refractivity contribution in [1.82, 2.24) is 10.5 Å². The number of rotatable bonds is 2. The molecule has 2 N–H and O–H groups in total. The number of benzene rings is 2. The van der Waals surface area contributed by atoms with Gasteiger partial charge in [0.1, 0.15) is 6.17 Å². The second-order valence-electron chi connectivity index (χ2n) is 4.46. The van der Waals surface area contributed by atoms with Gasteiger partial charge in [-0.2, -0.15) is 10.2 Å². The van der Waals surface area contributed by atoms with Crippen molar-refractivity contribution >= 4 is 5.71 Å². The molecule has 0 aromatic heterocycles. The van der Waals surface area contributed by atoms with Gasteiger partial charge in [0.15, 0.2) is 0 Å². The lowest BCUT2D eigenvalue weighted by Gasteiger charge is -2.30. The Kier molecular flexibility index (Phi) is 3.27. The molecule has 0 saturated heterocycles. The van der Waals surface area contributed by atoms with E-state index in [-0.39, 0.29) is 6.17 Å². The van der Waals surface area contributed by atoms with E-state index in [9.17, 15) is 5.21 Å². The van der Waals surface area contributed by atoms with Gasteiger partial charge in [0.2, 0.25) is 0 Å². The molecule has 4 nitrogen and oxygen atoms in total. The molecular formula is C15H15N3O. The fraction of sp³-hybridized carbons (Fsp3) is 0.133. The summed E-state index contributed by atoms with van der Waals surface area (Å²) in [6.07, 6.45) is -0.298. The average molecular weight is 253 g/mol. The van der Waals surface area contributed by atoms with Crippen LogP contribution in [0, 0.1) is 0 Å². The highest BCUT2D eigenvalue weighted by molar-refractivity contribution is 6.02. The van der Waals surface area contributed by atoms with Crippen LogP contribution in [-0.2, 0) is 0 Å². The molecule has 1 unspecified atom stereocenters. The SMILES string of the molecule is ON1CC(c2ccccc2)=NNC1c1ccccc1. The van der Waals surface area contributed by atoms with Crippen molar-refractivity contribution < 1.29 is 5.21 Å². The van der Waals surface area contributed by atoms with E-state index >= 15 is 0 Å². The summed E-state index contributed by atoms with van der Waals surface area (Å²) in [5.74, 6) is 0. The summed E-state index contributed by atoms with van der Waals surface area (Å²) >= 11 is 0. The van der Waals surface area contributed by atoms with Gasteiger partial charge in [-0.15, -0.1) is 0 Å². The lowest BCUT2D eigenvalue weighted by molar-refractivity contribution is -0.129. The Morgan fingerprint density at radius 2 is 1.63 bits per heavy atom. The molecule has 1 atom stereocenters. The third-order valence-electron chi connectivity index (χ3n) is 3.15. The van der Waals surface area contributed by atoms with Crippen molar-refractivity contribution in [2.45, 2.75) is 6.17 Å². The number of hydroxylamine groups is 2. The predicted octanol–water partition coefficient (Wildman–Crippen LogP) is 2.38. The second kappa shape index (κ2) is 5.22. The first kappa shape index (κ1) is 11.9. The fourth-order valence-corrected chi connectivity index (χ4v) is 2.15. The zero-order chi connectivity index (χ0) is 13.1. The molecule has 0 bridgehead atoms. The van der Waals surface area contributed by atoms with Gasteiger partial charge in [0.25, 0.3) is 0 Å². The van der Waals surface area contributed by atoms with Crippen molar-refractivity contribution in [3.05, 3.63) is 71.8 Å². The molecule has 0 amide bonds. The van der Waals surface area contributed by atoms with Crippen LogP contribution in [0.15, 0.2) is 65.8 Å². The van der Waals surface area contributed by atoms with Crippen LogP contribution in [0.5, 0.6) is 0 Å². The minimum atomic E-state index is -0.298. The molecule has 96 valence electrons. The van der Waals surface area contributed by atoms with Crippen molar-refractivity contribution in [2.24, 2.45) is 5.10 Å². The minimum absolute atomic E-state index is 0.298. The molecule has 0 fully saturated rings. The number of hydrogen-bond donors (Lipinski definition) is 2. The van der Waals surface area contributed by atoms with E-state index < -0.39 is 0 Å². The Hall–Kier alpha value is -2.17. The highest BCUT2D eigenvalue weighted by Crippen LogP contribution is 2.19. The predicted molar refractivity (Wildman–Crippen MR) is 73.8 cm³/mol. The van der Waals surface area contributed by atoms with E-state index in [1.54, 1.807) is 0 Å². The van der Waals surface area contributed by atoms with E-state index in [4.69, 9.17) is 0 Å². The fourth-order valence-electron chi connectivity index (χ4n) is 2.15.